The van der Waals surface area contributed by atoms with Crippen molar-refractivity contribution in [2.24, 2.45) is 0 Å². The van der Waals surface area contributed by atoms with Crippen molar-refractivity contribution in [2.45, 2.75) is 0 Å². The van der Waals surface area contributed by atoms with Crippen LogP contribution >= 0.6 is 0 Å². The van der Waals surface area contributed by atoms with E-state index in [9.17, 15) is 0 Å². The summed E-state index contributed by atoms with van der Waals surface area (Å²) in [5.41, 5.74) is 0. The Balaban J connectivity index is -0.0000000128. The van der Waals surface area contributed by atoms with Crippen molar-refractivity contribution < 1.29 is 30.0 Å². The van der Waals surface area contributed by atoms with Gasteiger partial charge in [-0.05, 0) is 0 Å². The van der Waals surface area contributed by atoms with Crippen LogP contribution in [0.5, 0.6) is 0 Å². The molecule has 7 heteroatoms. The Kier molecular flexibility index (Phi) is 53.3. The van der Waals surface area contributed by atoms with E-state index in [1.807, 2.05) is 0 Å². The minimum absolute atomic E-state index is 0. The van der Waals surface area contributed by atoms with E-state index in [0.717, 1.165) is 8.97 Å². The van der Waals surface area contributed by atoms with Gasteiger partial charge in [-0.2, -0.15) is 0 Å². The molecule has 15 heavy (non-hydrogen) atoms. The number of hydrogen-bond donors (Lipinski definition) is 0. The predicted molar refractivity (Wildman–Crippen MR) is 77.4 cm³/mol. The average molecular weight is 373 g/mol. The molecule has 0 N–H and O–H groups in total. The molecular weight excluding hydrogens is 348 g/mol. The largest absolute Gasteiger partial charge is 2.00 e. The average Bonchev–Trinajstić information content (AvgIpc) is 1.12. The first-order chi connectivity index (χ1) is 4.00. The molecule has 2 nitrogen and oxygen atoms in total. The van der Waals surface area contributed by atoms with Gasteiger partial charge in [-0.3, -0.25) is 0 Å². The van der Waals surface area contributed by atoms with E-state index in [4.69, 9.17) is 0 Å². The summed E-state index contributed by atoms with van der Waals surface area (Å²) in [5, 5.41) is 0. The SMILES string of the molecule is C[N+](C)(C)C.C[N+](C)(C)C.[Mo].[S-2].[S-2].[S-2].[S-2]. The Bertz CT molecular complexity index is 67.6. The molecule has 0 bridgehead atoms. The van der Waals surface area contributed by atoms with Gasteiger partial charge in [0, 0.05) is 21.1 Å². The molecule has 0 heterocycles. The van der Waals surface area contributed by atoms with Crippen LogP contribution in [0.2, 0.25) is 0 Å². The van der Waals surface area contributed by atoms with Gasteiger partial charge in [0.25, 0.3) is 0 Å². The summed E-state index contributed by atoms with van der Waals surface area (Å²) in [6.07, 6.45) is 0. The number of nitrogens with zero attached hydrogens (tertiary/aromatic N) is 2. The van der Waals surface area contributed by atoms with Crippen LogP contribution in [0.1, 0.15) is 0 Å². The van der Waals surface area contributed by atoms with Crippen molar-refractivity contribution in [3.8, 4) is 0 Å². The normalized spacial score (nSPS) is 8.00. The molecule has 0 amide bonds. The Morgan fingerprint density at radius 2 is 0.400 bits per heavy atom. The zero-order valence-corrected chi connectivity index (χ0v) is 16.2. The molecular formula is C8H24MoN2S4-6. The van der Waals surface area contributed by atoms with Crippen LogP contribution in [0.3, 0.4) is 0 Å². The summed E-state index contributed by atoms with van der Waals surface area (Å²) in [6.45, 7) is 0. The van der Waals surface area contributed by atoms with Gasteiger partial charge in [-0.15, -0.1) is 0 Å². The maximum atomic E-state index is 2.12. The van der Waals surface area contributed by atoms with Crippen LogP contribution in [0.15, 0.2) is 0 Å². The topological polar surface area (TPSA) is 0 Å². The van der Waals surface area contributed by atoms with E-state index in [-0.39, 0.29) is 75.0 Å². The van der Waals surface area contributed by atoms with Crippen LogP contribution in [0, 0.1) is 0 Å². The van der Waals surface area contributed by atoms with Crippen molar-refractivity contribution in [2.75, 3.05) is 56.4 Å². The van der Waals surface area contributed by atoms with Crippen LogP contribution < -0.4 is 0 Å². The van der Waals surface area contributed by atoms with Crippen LogP contribution in [-0.2, 0) is 75.0 Å². The second-order valence-corrected chi connectivity index (χ2v) is 5.37. The molecule has 0 aliphatic rings. The summed E-state index contributed by atoms with van der Waals surface area (Å²) in [5.74, 6) is 0. The minimum atomic E-state index is 0. The zero-order valence-electron chi connectivity index (χ0n) is 10.9. The Morgan fingerprint density at radius 3 is 0.400 bits per heavy atom. The van der Waals surface area contributed by atoms with Gasteiger partial charge in [0.05, 0.1) is 56.4 Å². The fourth-order valence-corrected chi connectivity index (χ4v) is 0. The molecule has 0 aromatic rings. The molecule has 0 unspecified atom stereocenters. The van der Waals surface area contributed by atoms with Crippen LogP contribution in [-0.4, -0.2) is 65.3 Å². The van der Waals surface area contributed by atoms with Crippen LogP contribution in [0.25, 0.3) is 0 Å². The standard InChI is InChI=1S/2C4H12N.Mo.4S/c2*1-5(2,3)4;;;;;/h2*1-4H3;;;;;/q2*+1;;4*-2. The fourth-order valence-electron chi connectivity index (χ4n) is 0. The van der Waals surface area contributed by atoms with E-state index in [2.05, 4.69) is 56.4 Å². The molecule has 0 fully saturated rings. The Hall–Kier alpha value is 2.01. The van der Waals surface area contributed by atoms with Crippen molar-refractivity contribution in [1.29, 1.82) is 0 Å². The molecule has 0 aromatic carbocycles. The van der Waals surface area contributed by atoms with Crippen LogP contribution in [0.4, 0.5) is 0 Å². The van der Waals surface area contributed by atoms with E-state index in [1.165, 1.54) is 0 Å². The summed E-state index contributed by atoms with van der Waals surface area (Å²) >= 11 is 0. The smallest absolute Gasteiger partial charge is 0.0675 e. The first-order valence-corrected chi connectivity index (χ1v) is 3.58. The molecule has 0 aliphatic carbocycles. The Morgan fingerprint density at radius 1 is 0.400 bits per heavy atom. The van der Waals surface area contributed by atoms with E-state index >= 15 is 0 Å². The number of rotatable bonds is 0. The second kappa shape index (κ2) is 18.4. The third kappa shape index (κ3) is 779. The number of quaternary nitrogens is 2. The molecule has 0 spiro atoms. The van der Waals surface area contributed by atoms with Crippen molar-refractivity contribution in [3.63, 3.8) is 0 Å². The van der Waals surface area contributed by atoms with Crippen molar-refractivity contribution in [3.05, 3.63) is 0 Å². The van der Waals surface area contributed by atoms with E-state index in [0.29, 0.717) is 0 Å². The molecule has 0 aliphatic heterocycles. The van der Waals surface area contributed by atoms with Gasteiger partial charge in [0.15, 0.2) is 0 Å². The summed E-state index contributed by atoms with van der Waals surface area (Å²) in [4.78, 5) is 0. The molecule has 102 valence electrons. The van der Waals surface area contributed by atoms with Crippen molar-refractivity contribution in [1.82, 2.24) is 0 Å². The molecule has 0 rings (SSSR count). The van der Waals surface area contributed by atoms with Gasteiger partial charge in [0.1, 0.15) is 0 Å². The maximum absolute atomic E-state index is 2.12. The first-order valence-electron chi connectivity index (χ1n) is 3.58. The molecule has 0 saturated heterocycles. The van der Waals surface area contributed by atoms with Crippen molar-refractivity contribution >= 4 is 54.0 Å². The summed E-state index contributed by atoms with van der Waals surface area (Å²) in [6, 6.07) is 0. The summed E-state index contributed by atoms with van der Waals surface area (Å²) < 4.78 is 2.00. The van der Waals surface area contributed by atoms with Gasteiger partial charge < -0.3 is 62.9 Å². The maximum Gasteiger partial charge on any atom is 0.0675 e. The quantitative estimate of drug-likeness (QED) is 0.432. The molecule has 0 aromatic heterocycles. The second-order valence-electron chi connectivity index (χ2n) is 5.37. The monoisotopic (exact) mass is 374 g/mol. The zero-order chi connectivity index (χ0) is 9.00. The molecule has 0 radical (unpaired) electrons. The molecule has 0 saturated carbocycles. The minimum Gasteiger partial charge on any atom is -2.00 e. The summed E-state index contributed by atoms with van der Waals surface area (Å²) in [7, 11) is 17.0. The number of hydrogen-bond acceptors (Lipinski definition) is 0. The van der Waals surface area contributed by atoms with E-state index in [1.54, 1.807) is 0 Å². The first kappa shape index (κ1) is 43.5. The third-order valence-corrected chi connectivity index (χ3v) is 0. The fraction of sp³-hybridized carbons (Fsp3) is 1.00. The predicted octanol–water partition coefficient (Wildman–Crippen LogP) is 0.633. The van der Waals surface area contributed by atoms with E-state index < -0.39 is 0 Å². The van der Waals surface area contributed by atoms with Gasteiger partial charge >= 0.3 is 0 Å². The van der Waals surface area contributed by atoms with Gasteiger partial charge in [-0.1, -0.05) is 0 Å². The van der Waals surface area contributed by atoms with Gasteiger partial charge in [-0.25, -0.2) is 0 Å². The molecule has 0 atom stereocenters. The Labute approximate surface area is 139 Å². The third-order valence-electron chi connectivity index (χ3n) is 0. The van der Waals surface area contributed by atoms with Gasteiger partial charge in [0.2, 0.25) is 0 Å².